The Kier molecular flexibility index (Phi) is 5.34. The Morgan fingerprint density at radius 3 is 2.26 bits per heavy atom. The second-order valence-electron chi connectivity index (χ2n) is 5.44. The molecule has 0 aliphatic rings. The van der Waals surface area contributed by atoms with Crippen molar-refractivity contribution in [2.75, 3.05) is 12.4 Å². The van der Waals surface area contributed by atoms with E-state index < -0.39 is 11.5 Å². The minimum absolute atomic E-state index is 0.0628. The van der Waals surface area contributed by atoms with E-state index >= 15 is 0 Å². The Bertz CT molecular complexity index is 1050. The number of rotatable bonds is 4. The van der Waals surface area contributed by atoms with Crippen LogP contribution >= 0.6 is 23.2 Å². The van der Waals surface area contributed by atoms with Crippen LogP contribution < -0.4 is 10.9 Å². The molecule has 0 spiro atoms. The third-order valence-corrected chi connectivity index (χ3v) is 4.24. The van der Waals surface area contributed by atoms with Gasteiger partial charge in [-0.25, -0.2) is 9.48 Å². The normalized spacial score (nSPS) is 10.5. The van der Waals surface area contributed by atoms with Crippen LogP contribution in [0.15, 0.2) is 53.3 Å². The maximum atomic E-state index is 12.3. The quantitative estimate of drug-likeness (QED) is 0.649. The lowest BCUT2D eigenvalue weighted by atomic mass is 10.2. The van der Waals surface area contributed by atoms with Crippen LogP contribution in [0.4, 0.5) is 5.82 Å². The number of carbonyl (C=O) groups excluding carboxylic acids is 2. The summed E-state index contributed by atoms with van der Waals surface area (Å²) in [5, 5.41) is 5.45. The molecule has 0 unspecified atom stereocenters. The van der Waals surface area contributed by atoms with E-state index in [0.717, 1.165) is 4.68 Å². The van der Waals surface area contributed by atoms with Crippen molar-refractivity contribution in [1.82, 2.24) is 9.78 Å². The number of esters is 1. The second-order valence-corrected chi connectivity index (χ2v) is 6.26. The van der Waals surface area contributed by atoms with Crippen molar-refractivity contribution < 1.29 is 14.3 Å². The number of hydrogen-bond donors (Lipinski definition) is 2. The zero-order chi connectivity index (χ0) is 19.6. The van der Waals surface area contributed by atoms with E-state index in [4.69, 9.17) is 23.2 Å². The SMILES string of the molecule is COC(=O)c1cc(Cl)c(-n2[nH]c(NC(=O)c3ccccc3)cc2=O)c(Cl)c1. The van der Waals surface area contributed by atoms with Crippen LogP contribution in [-0.2, 0) is 4.74 Å². The molecule has 0 aliphatic carbocycles. The largest absolute Gasteiger partial charge is 0.465 e. The maximum absolute atomic E-state index is 12.3. The summed E-state index contributed by atoms with van der Waals surface area (Å²) in [7, 11) is 1.23. The fourth-order valence-electron chi connectivity index (χ4n) is 2.42. The zero-order valence-electron chi connectivity index (χ0n) is 14.0. The van der Waals surface area contributed by atoms with Crippen LogP contribution in [0, 0.1) is 0 Å². The van der Waals surface area contributed by atoms with Gasteiger partial charge in [-0.2, -0.15) is 0 Å². The summed E-state index contributed by atoms with van der Waals surface area (Å²) in [5.41, 5.74) is 0.238. The van der Waals surface area contributed by atoms with Gasteiger partial charge in [0.15, 0.2) is 0 Å². The second kappa shape index (κ2) is 7.69. The van der Waals surface area contributed by atoms with Gasteiger partial charge in [0.2, 0.25) is 0 Å². The lowest BCUT2D eigenvalue weighted by Gasteiger charge is -2.10. The third-order valence-electron chi connectivity index (χ3n) is 3.67. The van der Waals surface area contributed by atoms with E-state index in [1.807, 2.05) is 0 Å². The number of hydrogen-bond acceptors (Lipinski definition) is 4. The number of nitrogens with zero attached hydrogens (tertiary/aromatic N) is 1. The molecule has 2 aromatic carbocycles. The summed E-state index contributed by atoms with van der Waals surface area (Å²) < 4.78 is 5.70. The van der Waals surface area contributed by atoms with Crippen molar-refractivity contribution in [3.05, 3.63) is 80.1 Å². The van der Waals surface area contributed by atoms with Crippen molar-refractivity contribution in [1.29, 1.82) is 0 Å². The molecule has 138 valence electrons. The number of carbonyl (C=O) groups is 2. The summed E-state index contributed by atoms with van der Waals surface area (Å²) in [6.07, 6.45) is 0. The molecule has 0 fully saturated rings. The lowest BCUT2D eigenvalue weighted by Crippen LogP contribution is -2.15. The average Bonchev–Trinajstić information content (AvgIpc) is 3.00. The molecule has 27 heavy (non-hydrogen) atoms. The first-order chi connectivity index (χ1) is 12.9. The van der Waals surface area contributed by atoms with Crippen molar-refractivity contribution in [3.63, 3.8) is 0 Å². The molecule has 0 saturated carbocycles. The molecule has 3 rings (SSSR count). The summed E-state index contributed by atoms with van der Waals surface area (Å²) in [6, 6.07) is 12.4. The van der Waals surface area contributed by atoms with Gasteiger partial charge in [-0.05, 0) is 24.3 Å². The highest BCUT2D eigenvalue weighted by molar-refractivity contribution is 6.38. The number of anilines is 1. The fraction of sp³-hybridized carbons (Fsp3) is 0.0556. The molecular weight excluding hydrogens is 393 g/mol. The number of aromatic nitrogens is 2. The van der Waals surface area contributed by atoms with Gasteiger partial charge in [-0.3, -0.25) is 14.7 Å². The van der Waals surface area contributed by atoms with E-state index in [-0.39, 0.29) is 33.0 Å². The molecule has 1 heterocycles. The number of amides is 1. The molecule has 7 nitrogen and oxygen atoms in total. The molecule has 3 aromatic rings. The molecule has 0 saturated heterocycles. The van der Waals surface area contributed by atoms with E-state index in [1.54, 1.807) is 30.3 Å². The Labute approximate surface area is 163 Å². The average molecular weight is 406 g/mol. The predicted octanol–water partition coefficient (Wildman–Crippen LogP) is 3.51. The highest BCUT2D eigenvalue weighted by Gasteiger charge is 2.18. The molecule has 0 aliphatic heterocycles. The number of aromatic amines is 1. The fourth-order valence-corrected chi connectivity index (χ4v) is 3.08. The smallest absolute Gasteiger partial charge is 0.337 e. The molecule has 0 radical (unpaired) electrons. The minimum Gasteiger partial charge on any atom is -0.465 e. The lowest BCUT2D eigenvalue weighted by molar-refractivity contribution is 0.0600. The predicted molar refractivity (Wildman–Crippen MR) is 102 cm³/mol. The van der Waals surface area contributed by atoms with Crippen LogP contribution in [0.1, 0.15) is 20.7 Å². The number of H-pyrrole nitrogens is 1. The monoisotopic (exact) mass is 405 g/mol. The number of methoxy groups -OCH3 is 1. The Balaban J connectivity index is 1.94. The van der Waals surface area contributed by atoms with Gasteiger partial charge in [0.25, 0.3) is 11.5 Å². The number of nitrogens with one attached hydrogen (secondary N) is 2. The summed E-state index contributed by atoms with van der Waals surface area (Å²) in [4.78, 5) is 36.2. The first-order valence-corrected chi connectivity index (χ1v) is 8.42. The molecule has 2 N–H and O–H groups in total. The molecule has 1 amide bonds. The van der Waals surface area contributed by atoms with Crippen LogP contribution in [-0.4, -0.2) is 28.8 Å². The first-order valence-electron chi connectivity index (χ1n) is 7.67. The van der Waals surface area contributed by atoms with Crippen molar-refractivity contribution in [2.45, 2.75) is 0 Å². The molecular formula is C18H13Cl2N3O4. The zero-order valence-corrected chi connectivity index (χ0v) is 15.5. The van der Waals surface area contributed by atoms with Gasteiger partial charge < -0.3 is 10.1 Å². The highest BCUT2D eigenvalue weighted by Crippen LogP contribution is 2.29. The summed E-state index contributed by atoms with van der Waals surface area (Å²) in [5.74, 6) is -0.833. The van der Waals surface area contributed by atoms with Crippen LogP contribution in [0.3, 0.4) is 0 Å². The van der Waals surface area contributed by atoms with E-state index in [0.29, 0.717) is 5.56 Å². The van der Waals surface area contributed by atoms with Gasteiger partial charge in [0.05, 0.1) is 22.7 Å². The first kappa shape index (κ1) is 18.8. The highest BCUT2D eigenvalue weighted by atomic mass is 35.5. The Morgan fingerprint density at radius 2 is 1.67 bits per heavy atom. The number of ether oxygens (including phenoxy) is 1. The number of halogens is 2. The van der Waals surface area contributed by atoms with Crippen LogP contribution in [0.25, 0.3) is 5.69 Å². The topological polar surface area (TPSA) is 93.2 Å². The van der Waals surface area contributed by atoms with Gasteiger partial charge >= 0.3 is 5.97 Å². The van der Waals surface area contributed by atoms with E-state index in [2.05, 4.69) is 15.2 Å². The van der Waals surface area contributed by atoms with Crippen molar-refractivity contribution in [2.24, 2.45) is 0 Å². The van der Waals surface area contributed by atoms with Gasteiger partial charge in [-0.15, -0.1) is 0 Å². The summed E-state index contributed by atoms with van der Waals surface area (Å²) >= 11 is 12.4. The molecule has 0 atom stereocenters. The van der Waals surface area contributed by atoms with Gasteiger partial charge in [0.1, 0.15) is 11.5 Å². The van der Waals surface area contributed by atoms with Gasteiger partial charge in [0, 0.05) is 11.6 Å². The van der Waals surface area contributed by atoms with E-state index in [1.165, 1.54) is 25.3 Å². The molecule has 0 bridgehead atoms. The van der Waals surface area contributed by atoms with Crippen molar-refractivity contribution >= 4 is 40.9 Å². The minimum atomic E-state index is -0.611. The van der Waals surface area contributed by atoms with Gasteiger partial charge in [-0.1, -0.05) is 41.4 Å². The van der Waals surface area contributed by atoms with Crippen LogP contribution in [0.5, 0.6) is 0 Å². The summed E-state index contributed by atoms with van der Waals surface area (Å²) in [6.45, 7) is 0. The molecule has 1 aromatic heterocycles. The standard InChI is InChI=1S/C18H13Cl2N3O4/c1-27-18(26)11-7-12(19)16(13(20)8-11)23-15(24)9-14(22-23)21-17(25)10-5-3-2-4-6-10/h2-9,22H,1H3,(H,21,25). The number of benzene rings is 2. The van der Waals surface area contributed by atoms with Crippen molar-refractivity contribution in [3.8, 4) is 5.69 Å². The third kappa shape index (κ3) is 3.89. The Morgan fingerprint density at radius 1 is 1.04 bits per heavy atom. The maximum Gasteiger partial charge on any atom is 0.337 e. The van der Waals surface area contributed by atoms with E-state index in [9.17, 15) is 14.4 Å². The molecule has 9 heteroatoms. The van der Waals surface area contributed by atoms with Crippen LogP contribution in [0.2, 0.25) is 10.0 Å². The Hall–Kier alpha value is -3.03.